The van der Waals surface area contributed by atoms with E-state index in [9.17, 15) is 9.59 Å². The number of carbonyl (C=O) groups is 2. The highest BCUT2D eigenvalue weighted by molar-refractivity contribution is 6.03. The Balaban J connectivity index is 1.71. The SMILES string of the molecule is CCOC(=O)C1[C@H]2C=CC3(CN(c4ccccc4C)C(=O)[C@@H]13)O2. The van der Waals surface area contributed by atoms with Crippen molar-refractivity contribution in [2.24, 2.45) is 11.8 Å². The number of carbonyl (C=O) groups excluding carboxylic acids is 2. The van der Waals surface area contributed by atoms with Crippen LogP contribution in [0, 0.1) is 18.8 Å². The molecule has 5 heteroatoms. The van der Waals surface area contributed by atoms with Crippen LogP contribution in [0.25, 0.3) is 0 Å². The van der Waals surface area contributed by atoms with Crippen LogP contribution in [0.2, 0.25) is 0 Å². The minimum Gasteiger partial charge on any atom is -0.466 e. The molecule has 120 valence electrons. The van der Waals surface area contributed by atoms with Crippen molar-refractivity contribution in [2.45, 2.75) is 25.6 Å². The van der Waals surface area contributed by atoms with E-state index in [1.165, 1.54) is 0 Å². The number of hydrogen-bond donors (Lipinski definition) is 0. The van der Waals surface area contributed by atoms with Gasteiger partial charge in [0.1, 0.15) is 11.5 Å². The number of rotatable bonds is 3. The first-order chi connectivity index (χ1) is 11.1. The number of para-hydroxylation sites is 1. The van der Waals surface area contributed by atoms with E-state index in [1.54, 1.807) is 11.8 Å². The summed E-state index contributed by atoms with van der Waals surface area (Å²) in [5.74, 6) is -1.42. The van der Waals surface area contributed by atoms with Gasteiger partial charge in [-0.25, -0.2) is 0 Å². The lowest BCUT2D eigenvalue weighted by atomic mass is 9.77. The van der Waals surface area contributed by atoms with Crippen LogP contribution in [0.5, 0.6) is 0 Å². The summed E-state index contributed by atoms with van der Waals surface area (Å²) in [6.07, 6.45) is 3.50. The minimum atomic E-state index is -0.693. The molecule has 4 rings (SSSR count). The Labute approximate surface area is 134 Å². The highest BCUT2D eigenvalue weighted by Gasteiger charge is 2.67. The van der Waals surface area contributed by atoms with E-state index in [2.05, 4.69) is 0 Å². The largest absolute Gasteiger partial charge is 0.466 e. The van der Waals surface area contributed by atoms with Crippen molar-refractivity contribution in [3.8, 4) is 0 Å². The molecule has 3 heterocycles. The maximum atomic E-state index is 13.0. The molecule has 0 aromatic heterocycles. The van der Waals surface area contributed by atoms with Crippen LogP contribution in [0.4, 0.5) is 5.69 Å². The van der Waals surface area contributed by atoms with Crippen LogP contribution in [-0.4, -0.2) is 36.7 Å². The molecule has 1 aromatic carbocycles. The normalized spacial score (nSPS) is 34.1. The number of anilines is 1. The number of aryl methyl sites for hydroxylation is 1. The van der Waals surface area contributed by atoms with Crippen LogP contribution in [0.15, 0.2) is 36.4 Å². The van der Waals surface area contributed by atoms with E-state index in [4.69, 9.17) is 9.47 Å². The average molecular weight is 313 g/mol. The van der Waals surface area contributed by atoms with Gasteiger partial charge < -0.3 is 14.4 Å². The highest BCUT2D eigenvalue weighted by atomic mass is 16.6. The van der Waals surface area contributed by atoms with Crippen LogP contribution >= 0.6 is 0 Å². The minimum absolute atomic E-state index is 0.0517. The molecule has 3 aliphatic rings. The molecule has 2 saturated heterocycles. The van der Waals surface area contributed by atoms with Crippen molar-refractivity contribution in [1.82, 2.24) is 0 Å². The van der Waals surface area contributed by atoms with E-state index in [0.29, 0.717) is 13.2 Å². The van der Waals surface area contributed by atoms with Crippen molar-refractivity contribution in [1.29, 1.82) is 0 Å². The van der Waals surface area contributed by atoms with Gasteiger partial charge in [0.05, 0.1) is 25.2 Å². The van der Waals surface area contributed by atoms with Crippen LogP contribution < -0.4 is 4.90 Å². The molecule has 3 aliphatic heterocycles. The van der Waals surface area contributed by atoms with Crippen LogP contribution in [-0.2, 0) is 19.1 Å². The Morgan fingerprint density at radius 2 is 2.22 bits per heavy atom. The lowest BCUT2D eigenvalue weighted by Gasteiger charge is -2.22. The Bertz CT molecular complexity index is 713. The third-order valence-corrected chi connectivity index (χ3v) is 5.07. The number of benzene rings is 1. The fourth-order valence-electron chi connectivity index (χ4n) is 4.08. The van der Waals surface area contributed by atoms with Crippen molar-refractivity contribution < 1.29 is 19.1 Å². The third-order valence-electron chi connectivity index (χ3n) is 5.07. The summed E-state index contributed by atoms with van der Waals surface area (Å²) in [4.78, 5) is 27.1. The quantitative estimate of drug-likeness (QED) is 0.631. The molecule has 0 saturated carbocycles. The van der Waals surface area contributed by atoms with Gasteiger partial charge in [0.2, 0.25) is 5.91 Å². The van der Waals surface area contributed by atoms with Gasteiger partial charge in [0.15, 0.2) is 0 Å². The van der Waals surface area contributed by atoms with Gasteiger partial charge in [-0.05, 0) is 25.5 Å². The number of nitrogens with zero attached hydrogens (tertiary/aromatic N) is 1. The van der Waals surface area contributed by atoms with Crippen molar-refractivity contribution >= 4 is 17.6 Å². The number of amides is 1. The number of esters is 1. The van der Waals surface area contributed by atoms with E-state index in [0.717, 1.165) is 11.3 Å². The molecule has 1 aromatic rings. The van der Waals surface area contributed by atoms with Crippen molar-refractivity contribution in [3.05, 3.63) is 42.0 Å². The van der Waals surface area contributed by atoms with E-state index < -0.39 is 17.4 Å². The van der Waals surface area contributed by atoms with Crippen LogP contribution in [0.1, 0.15) is 12.5 Å². The highest BCUT2D eigenvalue weighted by Crippen LogP contribution is 2.53. The van der Waals surface area contributed by atoms with Gasteiger partial charge in [0, 0.05) is 5.69 Å². The summed E-state index contributed by atoms with van der Waals surface area (Å²) in [5, 5.41) is 0. The molecule has 1 spiro atoms. The fourth-order valence-corrected chi connectivity index (χ4v) is 4.08. The average Bonchev–Trinajstić information content (AvgIpc) is 3.16. The Morgan fingerprint density at radius 3 is 2.96 bits per heavy atom. The number of hydrogen-bond acceptors (Lipinski definition) is 4. The van der Waals surface area contributed by atoms with Crippen molar-refractivity contribution in [2.75, 3.05) is 18.1 Å². The van der Waals surface area contributed by atoms with E-state index >= 15 is 0 Å². The number of fused-ring (bicyclic) bond motifs is 1. The predicted octanol–water partition coefficient (Wildman–Crippen LogP) is 1.84. The molecule has 5 nitrogen and oxygen atoms in total. The summed E-state index contributed by atoms with van der Waals surface area (Å²) in [6, 6.07) is 7.77. The lowest BCUT2D eigenvalue weighted by Crippen LogP contribution is -2.40. The smallest absolute Gasteiger partial charge is 0.312 e. The molecule has 2 unspecified atom stereocenters. The molecule has 0 N–H and O–H groups in total. The summed E-state index contributed by atoms with van der Waals surface area (Å²) in [5.41, 5.74) is 1.22. The van der Waals surface area contributed by atoms with Gasteiger partial charge >= 0.3 is 5.97 Å². The number of ether oxygens (including phenoxy) is 2. The summed E-state index contributed by atoms with van der Waals surface area (Å²) in [6.45, 7) is 4.50. The zero-order chi connectivity index (χ0) is 16.2. The summed E-state index contributed by atoms with van der Waals surface area (Å²) < 4.78 is 11.2. The zero-order valence-corrected chi connectivity index (χ0v) is 13.2. The predicted molar refractivity (Wildman–Crippen MR) is 83.9 cm³/mol. The molecule has 2 bridgehead atoms. The molecule has 1 amide bonds. The molecular weight excluding hydrogens is 294 g/mol. The van der Waals surface area contributed by atoms with Crippen LogP contribution in [0.3, 0.4) is 0 Å². The van der Waals surface area contributed by atoms with Crippen molar-refractivity contribution in [3.63, 3.8) is 0 Å². The molecule has 4 atom stereocenters. The standard InChI is InChI=1S/C18H19NO4/c1-3-22-17(21)14-13-8-9-18(23-13)10-19(16(20)15(14)18)12-7-5-4-6-11(12)2/h4-9,13-15H,3,10H2,1-2H3/t13-,14?,15-,18?/m1/s1. The van der Waals surface area contributed by atoms with Gasteiger partial charge in [-0.1, -0.05) is 30.4 Å². The van der Waals surface area contributed by atoms with Gasteiger partial charge in [-0.2, -0.15) is 0 Å². The van der Waals surface area contributed by atoms with Gasteiger partial charge in [-0.15, -0.1) is 0 Å². The first kappa shape index (κ1) is 14.5. The third kappa shape index (κ3) is 1.89. The fraction of sp³-hybridized carbons (Fsp3) is 0.444. The first-order valence-corrected chi connectivity index (χ1v) is 7.98. The second-order valence-electron chi connectivity index (χ2n) is 6.36. The van der Waals surface area contributed by atoms with E-state index in [-0.39, 0.29) is 18.0 Å². The molecule has 2 fully saturated rings. The van der Waals surface area contributed by atoms with Gasteiger partial charge in [-0.3, -0.25) is 9.59 Å². The maximum absolute atomic E-state index is 13.0. The lowest BCUT2D eigenvalue weighted by molar-refractivity contribution is -0.151. The topological polar surface area (TPSA) is 55.8 Å². The Hall–Kier alpha value is -2.14. The Morgan fingerprint density at radius 1 is 1.43 bits per heavy atom. The maximum Gasteiger partial charge on any atom is 0.312 e. The molecule has 23 heavy (non-hydrogen) atoms. The van der Waals surface area contributed by atoms with E-state index in [1.807, 2.05) is 43.3 Å². The molecule has 0 radical (unpaired) electrons. The zero-order valence-electron chi connectivity index (χ0n) is 13.2. The second kappa shape index (κ2) is 4.93. The summed E-state index contributed by atoms with van der Waals surface area (Å²) >= 11 is 0. The first-order valence-electron chi connectivity index (χ1n) is 7.98. The van der Waals surface area contributed by atoms with Gasteiger partial charge in [0.25, 0.3) is 0 Å². The summed E-state index contributed by atoms with van der Waals surface area (Å²) in [7, 11) is 0. The molecular formula is C18H19NO4. The molecule has 0 aliphatic carbocycles. The second-order valence-corrected chi connectivity index (χ2v) is 6.36. The monoisotopic (exact) mass is 313 g/mol. The Kier molecular flexibility index (Phi) is 3.10.